The van der Waals surface area contributed by atoms with Crippen LogP contribution in [0.1, 0.15) is 52.4 Å². The smallest absolute Gasteiger partial charge is 0.0544 e. The lowest BCUT2D eigenvalue weighted by Crippen LogP contribution is -2.31. The Kier molecular flexibility index (Phi) is 31.4. The SMILES string of the molecule is [B][B][B][B][B][B][B][B][B][B]CCCC(CC)SC(CC)CCC[B][B][B][B][B][B][B][B][B][B]. The van der Waals surface area contributed by atoms with E-state index in [-0.39, 0.29) is 0 Å². The predicted octanol–water partition coefficient (Wildman–Crippen LogP) is -2.84. The number of hydrogen-bond donors (Lipinski definition) is 0. The Balaban J connectivity index is 3.57. The van der Waals surface area contributed by atoms with Gasteiger partial charge < -0.3 is 0 Å². The van der Waals surface area contributed by atoms with Crippen molar-refractivity contribution in [3.05, 3.63) is 0 Å². The highest BCUT2D eigenvalue weighted by Gasteiger charge is 2.14. The molecule has 22 radical (unpaired) electrons. The lowest BCUT2D eigenvalue weighted by molar-refractivity contribution is 0.684. The summed E-state index contributed by atoms with van der Waals surface area (Å²) in [6, 6.07) is 0. The predicted molar refractivity (Wildman–Crippen MR) is 179 cm³/mol. The normalized spacial score (nSPS) is 11.2. The molecule has 2 unspecified atom stereocenters. The minimum absolute atomic E-state index is 0.782. The van der Waals surface area contributed by atoms with E-state index < -0.39 is 0 Å². The van der Waals surface area contributed by atoms with Crippen molar-refractivity contribution in [2.24, 2.45) is 0 Å². The molecule has 0 amide bonds. The van der Waals surface area contributed by atoms with Crippen LogP contribution in [0, 0.1) is 0 Å². The topological polar surface area (TPSA) is 0 Å². The zero-order valence-electron chi connectivity index (χ0n) is 20.8. The standard InChI is InChI=1S/C12H24B20S/c1-3-11(7-5-9-15-19-23-27-31-29-25-21-17-13)33-12(4-2)8-6-10-16-20-24-28-32-30-26-22-18-14/h11-12H,3-10H2,1-2H3. The van der Waals surface area contributed by atoms with E-state index in [1.165, 1.54) is 52.6 Å². The first-order chi connectivity index (χ1) is 16.3. The molecule has 33 heavy (non-hydrogen) atoms. The summed E-state index contributed by atoms with van der Waals surface area (Å²) in [7, 11) is 46.1. The van der Waals surface area contributed by atoms with E-state index in [1.54, 1.807) is 0 Å². The van der Waals surface area contributed by atoms with Crippen LogP contribution >= 0.6 is 11.8 Å². The van der Waals surface area contributed by atoms with Crippen molar-refractivity contribution in [3.8, 4) is 0 Å². The van der Waals surface area contributed by atoms with Crippen LogP contribution in [0.15, 0.2) is 0 Å². The fourth-order valence-corrected chi connectivity index (χ4v) is 4.59. The average molecular weight is 417 g/mol. The Bertz CT molecular complexity index is 338. The van der Waals surface area contributed by atoms with Gasteiger partial charge in [-0.05, 0) is 25.7 Å². The molecule has 0 aromatic carbocycles. The van der Waals surface area contributed by atoms with Crippen molar-refractivity contribution in [1.82, 2.24) is 0 Å². The molecule has 0 heterocycles. The van der Waals surface area contributed by atoms with Crippen molar-refractivity contribution in [2.45, 2.75) is 75.5 Å². The largest absolute Gasteiger partial charge is 0.155 e. The third kappa shape index (κ3) is 26.5. The number of thioether (sulfide) groups is 1. The molecule has 0 aliphatic rings. The van der Waals surface area contributed by atoms with Crippen molar-refractivity contribution in [2.75, 3.05) is 0 Å². The molecular formula is C12H24B20S. The molecule has 0 nitrogen and oxygen atoms in total. The Hall–Kier alpha value is 1.65. The van der Waals surface area contributed by atoms with Crippen LogP contribution in [-0.2, 0) is 0 Å². The van der Waals surface area contributed by atoms with E-state index in [1.807, 2.05) is 70.6 Å². The van der Waals surface area contributed by atoms with E-state index in [4.69, 9.17) is 15.5 Å². The quantitative estimate of drug-likeness (QED) is 0.0978. The minimum atomic E-state index is 0.782. The van der Waals surface area contributed by atoms with Gasteiger partial charge in [0.15, 0.2) is 0 Å². The van der Waals surface area contributed by atoms with Gasteiger partial charge in [-0.15, -0.1) is 0 Å². The number of rotatable bonds is 28. The third-order valence-corrected chi connectivity index (χ3v) is 6.82. The highest BCUT2D eigenvalue weighted by atomic mass is 32.2. The molecule has 0 saturated heterocycles. The fraction of sp³-hybridized carbons (Fsp3) is 1.00. The Morgan fingerprint density at radius 1 is 0.515 bits per heavy atom. The summed E-state index contributed by atoms with van der Waals surface area (Å²) in [5.74, 6) is 0. The Labute approximate surface area is 229 Å². The van der Waals surface area contributed by atoms with Crippen LogP contribution in [0.5, 0.6) is 0 Å². The number of hydrogen-bond acceptors (Lipinski definition) is 1. The molecule has 2 atom stereocenters. The fourth-order valence-electron chi connectivity index (χ4n) is 3.06. The van der Waals surface area contributed by atoms with E-state index in [0.717, 1.165) is 23.1 Å². The second-order valence-corrected chi connectivity index (χ2v) is 9.21. The maximum absolute atomic E-state index is 5.28. The van der Waals surface area contributed by atoms with Crippen LogP contribution in [0.2, 0.25) is 12.6 Å². The minimum Gasteiger partial charge on any atom is -0.155 e. The van der Waals surface area contributed by atoms with E-state index in [2.05, 4.69) is 68.2 Å². The van der Waals surface area contributed by atoms with Gasteiger partial charge in [0, 0.05) is 139 Å². The van der Waals surface area contributed by atoms with Gasteiger partial charge in [-0.1, -0.05) is 39.3 Å². The van der Waals surface area contributed by atoms with E-state index in [9.17, 15) is 0 Å². The van der Waals surface area contributed by atoms with Crippen LogP contribution in [0.4, 0.5) is 0 Å². The first-order valence-electron chi connectivity index (χ1n) is 12.3. The van der Waals surface area contributed by atoms with Crippen LogP contribution < -0.4 is 0 Å². The molecule has 0 N–H and O–H groups in total. The van der Waals surface area contributed by atoms with Crippen LogP contribution in [0.3, 0.4) is 0 Å². The summed E-state index contributed by atoms with van der Waals surface area (Å²) in [5.41, 5.74) is 0. The molecule has 0 spiro atoms. The first kappa shape index (κ1) is 34.6. The third-order valence-electron chi connectivity index (χ3n) is 4.92. The van der Waals surface area contributed by atoms with Crippen molar-refractivity contribution >= 4 is 155 Å². The zero-order chi connectivity index (χ0) is 24.2. The second-order valence-electron chi connectivity index (χ2n) is 7.61. The van der Waals surface area contributed by atoms with Gasteiger partial charge in [0.05, 0.1) is 14.3 Å². The Morgan fingerprint density at radius 2 is 0.848 bits per heavy atom. The molecule has 0 aliphatic carbocycles. The van der Waals surface area contributed by atoms with Gasteiger partial charge in [0.1, 0.15) is 0 Å². The molecule has 21 heteroatoms. The van der Waals surface area contributed by atoms with Crippen LogP contribution in [0.25, 0.3) is 0 Å². The molecule has 0 aliphatic heterocycles. The van der Waals surface area contributed by atoms with Crippen LogP contribution in [-0.4, -0.2) is 153 Å². The molecule has 138 valence electrons. The van der Waals surface area contributed by atoms with Gasteiger partial charge in [-0.25, -0.2) is 0 Å². The highest BCUT2D eigenvalue weighted by Crippen LogP contribution is 2.29. The monoisotopic (exact) mass is 420 g/mol. The van der Waals surface area contributed by atoms with Gasteiger partial charge in [-0.2, -0.15) is 11.8 Å². The lowest BCUT2D eigenvalue weighted by Gasteiger charge is -2.21. The van der Waals surface area contributed by atoms with Gasteiger partial charge in [-0.3, -0.25) is 0 Å². The lowest BCUT2D eigenvalue weighted by atomic mass is 8.89. The maximum Gasteiger partial charge on any atom is 0.0544 e. The summed E-state index contributed by atoms with van der Waals surface area (Å²) < 4.78 is 0. The molecule has 0 bridgehead atoms. The summed E-state index contributed by atoms with van der Waals surface area (Å²) in [6.07, 6.45) is 9.98. The molecule has 0 rings (SSSR count). The summed E-state index contributed by atoms with van der Waals surface area (Å²) in [5, 5.41) is 1.56. The molecule has 0 fully saturated rings. The molecule has 0 saturated carbocycles. The van der Waals surface area contributed by atoms with Gasteiger partial charge >= 0.3 is 0 Å². The highest BCUT2D eigenvalue weighted by molar-refractivity contribution is 8.00. The molecular weight excluding hydrogens is 392 g/mol. The molecule has 0 aromatic heterocycles. The zero-order valence-corrected chi connectivity index (χ0v) is 21.6. The van der Waals surface area contributed by atoms with E-state index >= 15 is 0 Å². The van der Waals surface area contributed by atoms with Gasteiger partial charge in [0.2, 0.25) is 0 Å². The van der Waals surface area contributed by atoms with Crippen molar-refractivity contribution < 1.29 is 0 Å². The second kappa shape index (κ2) is 29.9. The first-order valence-corrected chi connectivity index (χ1v) is 13.3. The Morgan fingerprint density at radius 3 is 1.18 bits per heavy atom. The van der Waals surface area contributed by atoms with Crippen molar-refractivity contribution in [3.63, 3.8) is 0 Å². The van der Waals surface area contributed by atoms with E-state index in [0.29, 0.717) is 0 Å². The summed E-state index contributed by atoms with van der Waals surface area (Å²) in [4.78, 5) is 0. The average Bonchev–Trinajstić information content (AvgIpc) is 2.83. The molecule has 0 aromatic rings. The van der Waals surface area contributed by atoms with Gasteiger partial charge in [0.25, 0.3) is 0 Å². The van der Waals surface area contributed by atoms with Crippen molar-refractivity contribution in [1.29, 1.82) is 0 Å². The maximum atomic E-state index is 5.28. The summed E-state index contributed by atoms with van der Waals surface area (Å²) >= 11 is 2.22. The summed E-state index contributed by atoms with van der Waals surface area (Å²) in [6.45, 7) is 4.67.